The summed E-state index contributed by atoms with van der Waals surface area (Å²) in [5, 5.41) is 8.90. The van der Waals surface area contributed by atoms with Crippen LogP contribution in [0.15, 0.2) is 18.2 Å². The predicted molar refractivity (Wildman–Crippen MR) is 58.9 cm³/mol. The molecule has 0 heterocycles. The van der Waals surface area contributed by atoms with Crippen molar-refractivity contribution in [3.63, 3.8) is 0 Å². The summed E-state index contributed by atoms with van der Waals surface area (Å²) in [5.74, 6) is -1.11. The smallest absolute Gasteiger partial charge is 0.304 e. The molecule has 1 fully saturated rings. The highest BCUT2D eigenvalue weighted by atomic mass is 19.1. The Kier molecular flexibility index (Phi) is 2.70. The molecule has 0 aliphatic heterocycles. The second-order valence-corrected chi connectivity index (χ2v) is 4.69. The molecule has 0 bridgehead atoms. The van der Waals surface area contributed by atoms with E-state index in [0.717, 1.165) is 24.8 Å². The van der Waals surface area contributed by atoms with Gasteiger partial charge in [0.2, 0.25) is 0 Å². The van der Waals surface area contributed by atoms with Gasteiger partial charge in [0.15, 0.2) is 0 Å². The summed E-state index contributed by atoms with van der Waals surface area (Å²) in [6, 6.07) is 5.07. The van der Waals surface area contributed by atoms with E-state index in [1.54, 1.807) is 6.07 Å². The van der Waals surface area contributed by atoms with Gasteiger partial charge in [-0.15, -0.1) is 0 Å². The third-order valence-corrected chi connectivity index (χ3v) is 3.50. The van der Waals surface area contributed by atoms with Crippen molar-refractivity contribution in [2.24, 2.45) is 0 Å². The maximum absolute atomic E-state index is 13.8. The Hall–Kier alpha value is -1.38. The van der Waals surface area contributed by atoms with Gasteiger partial charge in [-0.05, 0) is 37.0 Å². The molecule has 3 heteroatoms. The lowest BCUT2D eigenvalue weighted by molar-refractivity contribution is -0.139. The van der Waals surface area contributed by atoms with Crippen molar-refractivity contribution in [3.8, 4) is 0 Å². The molecule has 0 atom stereocenters. The van der Waals surface area contributed by atoms with Gasteiger partial charge in [-0.3, -0.25) is 4.79 Å². The van der Waals surface area contributed by atoms with Crippen LogP contribution >= 0.6 is 0 Å². The average Bonchev–Trinajstić information content (AvgIpc) is 2.12. The number of carboxylic acid groups (broad SMARTS) is 1. The van der Waals surface area contributed by atoms with E-state index in [-0.39, 0.29) is 12.2 Å². The molecule has 1 N–H and O–H groups in total. The third kappa shape index (κ3) is 1.82. The maximum Gasteiger partial charge on any atom is 0.304 e. The maximum atomic E-state index is 13.8. The van der Waals surface area contributed by atoms with Crippen LogP contribution in [0.3, 0.4) is 0 Å². The Morgan fingerprint density at radius 2 is 2.19 bits per heavy atom. The lowest BCUT2D eigenvalue weighted by Gasteiger charge is -2.41. The number of halogens is 1. The molecule has 1 saturated carbocycles. The van der Waals surface area contributed by atoms with E-state index in [2.05, 4.69) is 0 Å². The summed E-state index contributed by atoms with van der Waals surface area (Å²) in [5.41, 5.74) is 0.988. The highest BCUT2D eigenvalue weighted by Crippen LogP contribution is 2.47. The zero-order valence-electron chi connectivity index (χ0n) is 9.29. The number of carbonyl (C=O) groups is 1. The molecule has 86 valence electrons. The fourth-order valence-corrected chi connectivity index (χ4v) is 2.48. The van der Waals surface area contributed by atoms with E-state index >= 15 is 0 Å². The van der Waals surface area contributed by atoms with Crippen LogP contribution in [0.25, 0.3) is 0 Å². The van der Waals surface area contributed by atoms with Gasteiger partial charge in [0.25, 0.3) is 0 Å². The summed E-state index contributed by atoms with van der Waals surface area (Å²) in [6.45, 7) is 1.83. The highest BCUT2D eigenvalue weighted by molar-refractivity contribution is 5.69. The standard InChI is InChI=1S/C13H15FO2/c1-9-3-4-10(11(14)7-9)13(5-2-6-13)8-12(15)16/h3-4,7H,2,5-6,8H2,1H3,(H,15,16). The molecular weight excluding hydrogens is 207 g/mol. The normalized spacial score (nSPS) is 17.9. The minimum absolute atomic E-state index is 0.0347. The molecule has 1 aliphatic rings. The molecule has 0 unspecified atom stereocenters. The number of rotatable bonds is 3. The number of carboxylic acids is 1. The summed E-state index contributed by atoms with van der Waals surface area (Å²) < 4.78 is 13.8. The molecule has 0 amide bonds. The number of aliphatic carboxylic acids is 1. The van der Waals surface area contributed by atoms with Crippen LogP contribution in [0.5, 0.6) is 0 Å². The topological polar surface area (TPSA) is 37.3 Å². The summed E-state index contributed by atoms with van der Waals surface area (Å²) in [7, 11) is 0. The minimum atomic E-state index is -0.848. The molecule has 1 aliphatic carbocycles. The molecule has 1 aromatic carbocycles. The van der Waals surface area contributed by atoms with E-state index in [1.165, 1.54) is 6.07 Å². The SMILES string of the molecule is Cc1ccc(C2(CC(=O)O)CCC2)c(F)c1. The summed E-state index contributed by atoms with van der Waals surface area (Å²) >= 11 is 0. The number of hydrogen-bond acceptors (Lipinski definition) is 1. The van der Waals surface area contributed by atoms with Crippen molar-refractivity contribution >= 4 is 5.97 Å². The molecule has 0 radical (unpaired) electrons. The zero-order chi connectivity index (χ0) is 11.8. The highest BCUT2D eigenvalue weighted by Gasteiger charge is 2.42. The molecule has 0 spiro atoms. The lowest BCUT2D eigenvalue weighted by atomic mass is 9.62. The van der Waals surface area contributed by atoms with Gasteiger partial charge in [-0.25, -0.2) is 4.39 Å². The molecule has 1 aromatic rings. The van der Waals surface area contributed by atoms with Gasteiger partial charge in [0.1, 0.15) is 5.82 Å². The van der Waals surface area contributed by atoms with Crippen LogP contribution in [-0.2, 0) is 10.2 Å². The first kappa shape index (κ1) is 11.1. The van der Waals surface area contributed by atoms with Crippen molar-refractivity contribution in [2.75, 3.05) is 0 Å². The van der Waals surface area contributed by atoms with E-state index in [0.29, 0.717) is 5.56 Å². The predicted octanol–water partition coefficient (Wildman–Crippen LogP) is 3.03. The van der Waals surface area contributed by atoms with Crippen LogP contribution in [-0.4, -0.2) is 11.1 Å². The van der Waals surface area contributed by atoms with Crippen molar-refractivity contribution in [1.29, 1.82) is 0 Å². The Balaban J connectivity index is 2.36. The van der Waals surface area contributed by atoms with Gasteiger partial charge in [0.05, 0.1) is 6.42 Å². The van der Waals surface area contributed by atoms with Crippen LogP contribution in [0.4, 0.5) is 4.39 Å². The van der Waals surface area contributed by atoms with Crippen molar-refractivity contribution < 1.29 is 14.3 Å². The fraction of sp³-hybridized carbons (Fsp3) is 0.462. The number of hydrogen-bond donors (Lipinski definition) is 1. The number of aryl methyl sites for hydroxylation is 1. The van der Waals surface area contributed by atoms with Gasteiger partial charge in [-0.2, -0.15) is 0 Å². The first-order valence-electron chi connectivity index (χ1n) is 5.52. The molecule has 2 rings (SSSR count). The first-order valence-corrected chi connectivity index (χ1v) is 5.52. The van der Waals surface area contributed by atoms with Crippen molar-refractivity contribution in [2.45, 2.75) is 38.0 Å². The number of benzene rings is 1. The van der Waals surface area contributed by atoms with E-state index < -0.39 is 11.4 Å². The summed E-state index contributed by atoms with van der Waals surface area (Å²) in [4.78, 5) is 10.8. The average molecular weight is 222 g/mol. The van der Waals surface area contributed by atoms with Gasteiger partial charge < -0.3 is 5.11 Å². The molecule has 2 nitrogen and oxygen atoms in total. The van der Waals surface area contributed by atoms with Gasteiger partial charge >= 0.3 is 5.97 Å². The quantitative estimate of drug-likeness (QED) is 0.853. The van der Waals surface area contributed by atoms with Crippen molar-refractivity contribution in [1.82, 2.24) is 0 Å². The van der Waals surface area contributed by atoms with Crippen LogP contribution < -0.4 is 0 Å². The van der Waals surface area contributed by atoms with Gasteiger partial charge in [-0.1, -0.05) is 18.6 Å². The van der Waals surface area contributed by atoms with Crippen molar-refractivity contribution in [3.05, 3.63) is 35.1 Å². The third-order valence-electron chi connectivity index (χ3n) is 3.50. The zero-order valence-corrected chi connectivity index (χ0v) is 9.29. The van der Waals surface area contributed by atoms with E-state index in [1.807, 2.05) is 13.0 Å². The summed E-state index contributed by atoms with van der Waals surface area (Å²) in [6.07, 6.45) is 2.58. The first-order chi connectivity index (χ1) is 7.53. The molecule has 0 saturated heterocycles. The van der Waals surface area contributed by atoms with Crippen LogP contribution in [0, 0.1) is 12.7 Å². The molecule has 16 heavy (non-hydrogen) atoms. The monoisotopic (exact) mass is 222 g/mol. The molecule has 0 aromatic heterocycles. The van der Waals surface area contributed by atoms with E-state index in [4.69, 9.17) is 5.11 Å². The Labute approximate surface area is 94.1 Å². The minimum Gasteiger partial charge on any atom is -0.481 e. The Morgan fingerprint density at radius 1 is 1.50 bits per heavy atom. The second-order valence-electron chi connectivity index (χ2n) is 4.69. The Morgan fingerprint density at radius 3 is 2.62 bits per heavy atom. The second kappa shape index (κ2) is 3.89. The Bertz CT molecular complexity index is 422. The largest absolute Gasteiger partial charge is 0.481 e. The van der Waals surface area contributed by atoms with Gasteiger partial charge in [0, 0.05) is 5.41 Å². The fourth-order valence-electron chi connectivity index (χ4n) is 2.48. The van der Waals surface area contributed by atoms with E-state index in [9.17, 15) is 9.18 Å². The van der Waals surface area contributed by atoms with Crippen LogP contribution in [0.1, 0.15) is 36.8 Å². The molecular formula is C13H15FO2. The lowest BCUT2D eigenvalue weighted by Crippen LogP contribution is -2.37. The van der Waals surface area contributed by atoms with Crippen LogP contribution in [0.2, 0.25) is 0 Å².